The minimum absolute atomic E-state index is 0.0422. The summed E-state index contributed by atoms with van der Waals surface area (Å²) in [6, 6.07) is 6.46. The van der Waals surface area contributed by atoms with E-state index in [2.05, 4.69) is 44.0 Å². The highest BCUT2D eigenvalue weighted by Crippen LogP contribution is 2.54. The quantitative estimate of drug-likeness (QED) is 0.445. The van der Waals surface area contributed by atoms with Crippen molar-refractivity contribution in [3.05, 3.63) is 39.3 Å². The van der Waals surface area contributed by atoms with E-state index in [1.807, 2.05) is 16.7 Å². The van der Waals surface area contributed by atoms with Crippen molar-refractivity contribution in [2.75, 3.05) is 13.2 Å². The first-order valence-electron chi connectivity index (χ1n) is 11.4. The summed E-state index contributed by atoms with van der Waals surface area (Å²) in [4.78, 5) is 25.7. The Balaban J connectivity index is 1.56. The number of amides is 1. The number of carbonyl (C=O) groups excluding carboxylic acids is 1. The second kappa shape index (κ2) is 8.47. The number of aryl methyl sites for hydroxylation is 1. The van der Waals surface area contributed by atoms with Crippen LogP contribution in [0.1, 0.15) is 32.1 Å². The summed E-state index contributed by atoms with van der Waals surface area (Å²) in [7, 11) is -1.24. The first-order valence-corrected chi connectivity index (χ1v) is 15.5. The molecule has 2 heterocycles. The van der Waals surface area contributed by atoms with E-state index in [-0.39, 0.29) is 29.0 Å². The molecule has 1 aliphatic carbocycles. The van der Waals surface area contributed by atoms with Gasteiger partial charge >= 0.3 is 6.09 Å². The van der Waals surface area contributed by atoms with Crippen molar-refractivity contribution in [1.82, 2.24) is 15.0 Å². The van der Waals surface area contributed by atoms with E-state index >= 15 is 0 Å². The Labute approximate surface area is 199 Å². The van der Waals surface area contributed by atoms with Crippen LogP contribution >= 0.6 is 11.6 Å². The molecule has 1 aromatic carbocycles. The van der Waals surface area contributed by atoms with Crippen molar-refractivity contribution in [2.24, 2.45) is 11.3 Å². The van der Waals surface area contributed by atoms with E-state index in [9.17, 15) is 9.59 Å². The van der Waals surface area contributed by atoms with Crippen LogP contribution in [0.25, 0.3) is 21.8 Å². The van der Waals surface area contributed by atoms with Crippen LogP contribution in [-0.4, -0.2) is 37.0 Å². The summed E-state index contributed by atoms with van der Waals surface area (Å²) in [6.45, 7) is 13.7. The Morgan fingerprint density at radius 2 is 2.06 bits per heavy atom. The van der Waals surface area contributed by atoms with Gasteiger partial charge in [-0.25, -0.2) is 4.79 Å². The van der Waals surface area contributed by atoms with Crippen LogP contribution in [0.5, 0.6) is 0 Å². The number of carbonyl (C=O) groups is 1. The van der Waals surface area contributed by atoms with E-state index in [1.165, 1.54) is 0 Å². The Morgan fingerprint density at radius 1 is 1.33 bits per heavy atom. The predicted octanol–water partition coefficient (Wildman–Crippen LogP) is 5.76. The molecule has 1 N–H and O–H groups in total. The van der Waals surface area contributed by atoms with Crippen molar-refractivity contribution < 1.29 is 14.1 Å². The van der Waals surface area contributed by atoms with Gasteiger partial charge in [0.25, 0.3) is 5.56 Å². The lowest BCUT2D eigenvalue weighted by Crippen LogP contribution is -2.53. The summed E-state index contributed by atoms with van der Waals surface area (Å²) in [5.41, 5.74) is 0.923. The van der Waals surface area contributed by atoms with Crippen molar-refractivity contribution in [3.63, 3.8) is 0 Å². The maximum absolute atomic E-state index is 13.6. The molecule has 0 bridgehead atoms. The van der Waals surface area contributed by atoms with Crippen molar-refractivity contribution in [3.8, 4) is 0 Å². The molecule has 0 saturated heterocycles. The lowest BCUT2D eigenvalue weighted by Gasteiger charge is -2.53. The fourth-order valence-electron chi connectivity index (χ4n) is 4.76. The molecule has 178 valence electrons. The molecule has 2 aromatic heterocycles. The van der Waals surface area contributed by atoms with E-state index in [0.29, 0.717) is 34.8 Å². The third-order valence-electron chi connectivity index (χ3n) is 7.09. The van der Waals surface area contributed by atoms with Crippen LogP contribution in [0.4, 0.5) is 4.79 Å². The van der Waals surface area contributed by atoms with Crippen molar-refractivity contribution in [1.29, 1.82) is 0 Å². The number of aromatic nitrogens is 2. The monoisotopic (exact) mass is 489 g/mol. The minimum atomic E-state index is -1.24. The van der Waals surface area contributed by atoms with E-state index < -0.39 is 8.07 Å². The van der Waals surface area contributed by atoms with Gasteiger partial charge in [0.05, 0.1) is 17.1 Å². The number of benzene rings is 1. The molecule has 2 unspecified atom stereocenters. The lowest BCUT2D eigenvalue weighted by atomic mass is 9.58. The summed E-state index contributed by atoms with van der Waals surface area (Å²) in [6.07, 6.45) is 0.392. The zero-order valence-electron chi connectivity index (χ0n) is 20.1. The van der Waals surface area contributed by atoms with Gasteiger partial charge < -0.3 is 19.1 Å². The maximum atomic E-state index is 13.6. The number of nitrogens with zero attached hydrogens (tertiary/aromatic N) is 2. The molecule has 0 spiro atoms. The van der Waals surface area contributed by atoms with Gasteiger partial charge in [0.1, 0.15) is 16.7 Å². The lowest BCUT2D eigenvalue weighted by molar-refractivity contribution is -0.00770. The number of hydrogen-bond donors (Lipinski definition) is 1. The molecule has 1 saturated carbocycles. The molecule has 1 amide bonds. The van der Waals surface area contributed by atoms with Gasteiger partial charge in [-0.1, -0.05) is 56.3 Å². The van der Waals surface area contributed by atoms with Crippen LogP contribution < -0.4 is 10.9 Å². The average Bonchev–Trinajstić information content (AvgIpc) is 3.10. The Bertz CT molecular complexity index is 1270. The average molecular weight is 490 g/mol. The number of halogens is 1. The van der Waals surface area contributed by atoms with Gasteiger partial charge in [-0.05, 0) is 42.9 Å². The van der Waals surface area contributed by atoms with Crippen molar-refractivity contribution >= 4 is 47.6 Å². The number of rotatable bonds is 6. The molecule has 33 heavy (non-hydrogen) atoms. The third-order valence-corrected chi connectivity index (χ3v) is 9.11. The smallest absolute Gasteiger partial charge is 0.407 e. The topological polar surface area (TPSA) is 86.4 Å². The second-order valence-corrected chi connectivity index (χ2v) is 16.9. The van der Waals surface area contributed by atoms with E-state index in [0.717, 1.165) is 23.4 Å². The summed E-state index contributed by atoms with van der Waals surface area (Å²) in [5.74, 6) is 0.703. The standard InChI is InChI=1S/C24H32ClN3O4Si/c1-14-19-21(27-32-14)20-16(25)8-7-9-17(20)28(22(19)29)18-12-15(24(18,2)3)13-26-23(30)31-10-11-33(4,5)6/h7-9,15,18H,10-13H2,1-6H3,(H,26,30). The van der Waals surface area contributed by atoms with Crippen molar-refractivity contribution in [2.45, 2.75) is 58.9 Å². The fraction of sp³-hybridized carbons (Fsp3) is 0.542. The predicted molar refractivity (Wildman–Crippen MR) is 134 cm³/mol. The third kappa shape index (κ3) is 4.30. The fourth-order valence-corrected chi connectivity index (χ4v) is 5.74. The van der Waals surface area contributed by atoms with Crippen LogP contribution in [-0.2, 0) is 4.74 Å². The maximum Gasteiger partial charge on any atom is 0.407 e. The minimum Gasteiger partial charge on any atom is -0.450 e. The molecular weight excluding hydrogens is 458 g/mol. The van der Waals surface area contributed by atoms with Gasteiger partial charge in [-0.3, -0.25) is 4.79 Å². The van der Waals surface area contributed by atoms with Crippen LogP contribution in [0.3, 0.4) is 0 Å². The molecule has 2 atom stereocenters. The summed E-state index contributed by atoms with van der Waals surface area (Å²) >= 11 is 6.53. The molecule has 0 radical (unpaired) electrons. The number of ether oxygens (including phenoxy) is 1. The summed E-state index contributed by atoms with van der Waals surface area (Å²) < 4.78 is 12.6. The van der Waals surface area contributed by atoms with Gasteiger partial charge in [-0.2, -0.15) is 0 Å². The number of nitrogens with one attached hydrogen (secondary N) is 1. The Kier molecular flexibility index (Phi) is 6.11. The molecule has 0 aliphatic heterocycles. The zero-order valence-corrected chi connectivity index (χ0v) is 21.9. The highest BCUT2D eigenvalue weighted by Gasteiger charge is 2.50. The molecule has 9 heteroatoms. The van der Waals surface area contributed by atoms with Gasteiger partial charge in [0.15, 0.2) is 0 Å². The molecule has 1 fully saturated rings. The largest absolute Gasteiger partial charge is 0.450 e. The number of hydrogen-bond acceptors (Lipinski definition) is 5. The molecule has 1 aliphatic rings. The van der Waals surface area contributed by atoms with Gasteiger partial charge in [0, 0.05) is 26.0 Å². The molecule has 3 aromatic rings. The van der Waals surface area contributed by atoms with Gasteiger partial charge in [0.2, 0.25) is 0 Å². The number of pyridine rings is 1. The molecule has 7 nitrogen and oxygen atoms in total. The van der Waals surface area contributed by atoms with Crippen LogP contribution in [0, 0.1) is 18.3 Å². The summed E-state index contributed by atoms with van der Waals surface area (Å²) in [5, 5.41) is 8.77. The Morgan fingerprint density at radius 3 is 2.73 bits per heavy atom. The van der Waals surface area contributed by atoms with E-state index in [4.69, 9.17) is 20.9 Å². The van der Waals surface area contributed by atoms with Crippen LogP contribution in [0.2, 0.25) is 30.7 Å². The SMILES string of the molecule is Cc1onc2c1c(=O)n(C1CC(CNC(=O)OCC[Si](C)(C)C)C1(C)C)c1cccc(Cl)c21. The second-order valence-electron chi connectivity index (χ2n) is 10.9. The highest BCUT2D eigenvalue weighted by atomic mass is 35.5. The zero-order chi connectivity index (χ0) is 24.1. The van der Waals surface area contributed by atoms with Gasteiger partial charge in [-0.15, -0.1) is 0 Å². The number of fused-ring (bicyclic) bond motifs is 3. The van der Waals surface area contributed by atoms with E-state index in [1.54, 1.807) is 13.0 Å². The normalized spacial score (nSPS) is 20.1. The molecular formula is C24H32ClN3O4Si. The Hall–Kier alpha value is -2.32. The van der Waals surface area contributed by atoms with Crippen LogP contribution in [0.15, 0.2) is 27.5 Å². The highest BCUT2D eigenvalue weighted by molar-refractivity contribution is 6.76. The first-order chi connectivity index (χ1) is 15.4. The number of alkyl carbamates (subject to hydrolysis) is 1. The molecule has 4 rings (SSSR count). The first kappa shape index (κ1) is 23.8.